The van der Waals surface area contributed by atoms with E-state index in [0.29, 0.717) is 18.0 Å². The molecule has 0 radical (unpaired) electrons. The molecular formula is C13H20N2O3S. The van der Waals surface area contributed by atoms with Gasteiger partial charge in [0.05, 0.1) is 11.0 Å². The Labute approximate surface area is 114 Å². The summed E-state index contributed by atoms with van der Waals surface area (Å²) in [6.07, 6.45) is 1.76. The molecule has 6 heteroatoms. The monoisotopic (exact) mass is 284 g/mol. The van der Waals surface area contributed by atoms with Crippen molar-refractivity contribution < 1.29 is 13.2 Å². The van der Waals surface area contributed by atoms with Crippen LogP contribution in [0.5, 0.6) is 0 Å². The molecule has 1 aliphatic heterocycles. The van der Waals surface area contributed by atoms with Crippen molar-refractivity contribution in [2.75, 3.05) is 32.6 Å². The van der Waals surface area contributed by atoms with E-state index in [4.69, 9.17) is 4.74 Å². The number of ether oxygens (including phenoxy) is 1. The van der Waals surface area contributed by atoms with Crippen LogP contribution in [0.2, 0.25) is 0 Å². The van der Waals surface area contributed by atoms with Crippen LogP contribution in [0.25, 0.3) is 0 Å². The van der Waals surface area contributed by atoms with E-state index < -0.39 is 10.0 Å². The summed E-state index contributed by atoms with van der Waals surface area (Å²) in [4.78, 5) is 0.336. The van der Waals surface area contributed by atoms with Gasteiger partial charge in [-0.05, 0) is 37.1 Å². The summed E-state index contributed by atoms with van der Waals surface area (Å²) in [5, 5.41) is 2.97. The van der Waals surface area contributed by atoms with Gasteiger partial charge in [0.15, 0.2) is 0 Å². The Kier molecular flexibility index (Phi) is 4.44. The van der Waals surface area contributed by atoms with Crippen LogP contribution >= 0.6 is 0 Å². The fourth-order valence-electron chi connectivity index (χ4n) is 2.26. The second-order valence-electron chi connectivity index (χ2n) is 4.64. The molecule has 2 rings (SSSR count). The van der Waals surface area contributed by atoms with Crippen molar-refractivity contribution in [3.05, 3.63) is 24.3 Å². The lowest BCUT2D eigenvalue weighted by molar-refractivity contribution is 0.0572. The van der Waals surface area contributed by atoms with E-state index in [-0.39, 0.29) is 6.10 Å². The maximum absolute atomic E-state index is 12.5. The summed E-state index contributed by atoms with van der Waals surface area (Å²) in [5.74, 6) is 0. The molecule has 1 saturated heterocycles. The van der Waals surface area contributed by atoms with E-state index in [1.54, 1.807) is 38.4 Å². The van der Waals surface area contributed by atoms with Crippen molar-refractivity contribution in [2.24, 2.45) is 0 Å². The predicted octanol–water partition coefficient (Wildman–Crippen LogP) is 1.53. The number of piperidine rings is 1. The number of nitrogens with zero attached hydrogens (tertiary/aromatic N) is 1. The highest BCUT2D eigenvalue weighted by Crippen LogP contribution is 2.22. The summed E-state index contributed by atoms with van der Waals surface area (Å²) in [7, 11) is 0.0259. The van der Waals surface area contributed by atoms with Gasteiger partial charge in [0.1, 0.15) is 0 Å². The minimum absolute atomic E-state index is 0.0000988. The second kappa shape index (κ2) is 5.90. The molecular weight excluding hydrogens is 264 g/mol. The van der Waals surface area contributed by atoms with Crippen LogP contribution in [-0.4, -0.2) is 46.1 Å². The first kappa shape index (κ1) is 14.3. The van der Waals surface area contributed by atoms with Crippen LogP contribution in [0.15, 0.2) is 29.2 Å². The molecule has 1 atom stereocenters. The molecule has 1 N–H and O–H groups in total. The lowest BCUT2D eigenvalue weighted by Crippen LogP contribution is -2.42. The van der Waals surface area contributed by atoms with Crippen molar-refractivity contribution in [2.45, 2.75) is 23.8 Å². The maximum atomic E-state index is 12.5. The van der Waals surface area contributed by atoms with Gasteiger partial charge in [0, 0.05) is 32.9 Å². The fraction of sp³-hybridized carbons (Fsp3) is 0.538. The largest absolute Gasteiger partial charge is 0.388 e. The minimum Gasteiger partial charge on any atom is -0.388 e. The molecule has 0 bridgehead atoms. The molecule has 106 valence electrons. The van der Waals surface area contributed by atoms with Crippen LogP contribution in [0.1, 0.15) is 12.8 Å². The van der Waals surface area contributed by atoms with Crippen molar-refractivity contribution in [1.29, 1.82) is 0 Å². The summed E-state index contributed by atoms with van der Waals surface area (Å²) < 4.78 is 31.8. The van der Waals surface area contributed by atoms with Crippen LogP contribution in [0, 0.1) is 0 Å². The van der Waals surface area contributed by atoms with Crippen molar-refractivity contribution >= 4 is 15.7 Å². The Bertz CT molecular complexity index is 513. The molecule has 0 amide bonds. The Hall–Kier alpha value is -1.11. The molecule has 0 aromatic heterocycles. The first-order valence-electron chi connectivity index (χ1n) is 6.38. The fourth-order valence-corrected chi connectivity index (χ4v) is 3.77. The highest BCUT2D eigenvalue weighted by Gasteiger charge is 2.30. The smallest absolute Gasteiger partial charge is 0.243 e. The third kappa shape index (κ3) is 3.08. The van der Waals surface area contributed by atoms with Crippen LogP contribution in [0.3, 0.4) is 0 Å². The van der Waals surface area contributed by atoms with Crippen LogP contribution in [-0.2, 0) is 14.8 Å². The minimum atomic E-state index is -3.40. The van der Waals surface area contributed by atoms with Gasteiger partial charge in [0.2, 0.25) is 10.0 Å². The number of anilines is 1. The molecule has 19 heavy (non-hydrogen) atoms. The lowest BCUT2D eigenvalue weighted by Gasteiger charge is -2.31. The van der Waals surface area contributed by atoms with Crippen LogP contribution in [0.4, 0.5) is 5.69 Å². The average molecular weight is 284 g/mol. The molecule has 0 saturated carbocycles. The summed E-state index contributed by atoms with van der Waals surface area (Å²) >= 11 is 0. The normalized spacial score (nSPS) is 21.3. The van der Waals surface area contributed by atoms with Gasteiger partial charge in [-0.25, -0.2) is 8.42 Å². The Morgan fingerprint density at radius 3 is 2.58 bits per heavy atom. The number of hydrogen-bond donors (Lipinski definition) is 1. The molecule has 1 unspecified atom stereocenters. The number of sulfonamides is 1. The van der Waals surface area contributed by atoms with E-state index in [9.17, 15) is 8.42 Å². The van der Waals surface area contributed by atoms with Crippen LogP contribution < -0.4 is 5.32 Å². The van der Waals surface area contributed by atoms with Crippen molar-refractivity contribution in [3.8, 4) is 0 Å². The lowest BCUT2D eigenvalue weighted by atomic mass is 10.1. The van der Waals surface area contributed by atoms with Gasteiger partial charge in [-0.2, -0.15) is 4.31 Å². The molecule has 1 aromatic carbocycles. The van der Waals surface area contributed by atoms with Gasteiger partial charge >= 0.3 is 0 Å². The molecule has 1 fully saturated rings. The van der Waals surface area contributed by atoms with E-state index in [1.165, 1.54) is 4.31 Å². The predicted molar refractivity (Wildman–Crippen MR) is 74.8 cm³/mol. The average Bonchev–Trinajstić information content (AvgIpc) is 2.47. The number of rotatable bonds is 4. The number of nitrogens with one attached hydrogen (secondary N) is 1. The summed E-state index contributed by atoms with van der Waals surface area (Å²) in [6.45, 7) is 1.00. The van der Waals surface area contributed by atoms with Gasteiger partial charge in [-0.15, -0.1) is 0 Å². The Balaban J connectivity index is 2.20. The second-order valence-corrected chi connectivity index (χ2v) is 6.58. The topological polar surface area (TPSA) is 58.6 Å². The highest BCUT2D eigenvalue weighted by molar-refractivity contribution is 7.89. The molecule has 0 spiro atoms. The molecule has 5 nitrogen and oxygen atoms in total. The first-order valence-corrected chi connectivity index (χ1v) is 7.82. The van der Waals surface area contributed by atoms with Crippen molar-refractivity contribution in [3.63, 3.8) is 0 Å². The number of methoxy groups -OCH3 is 1. The van der Waals surface area contributed by atoms with Crippen molar-refractivity contribution in [1.82, 2.24) is 4.31 Å². The number of benzene rings is 1. The standard InChI is InChI=1S/C13H20N2O3S/c1-14-11-5-7-13(8-6-11)19(16,17)15-9-3-4-12(10-15)18-2/h5-8,12,14H,3-4,9-10H2,1-2H3. The van der Waals surface area contributed by atoms with Gasteiger partial charge in [0.25, 0.3) is 0 Å². The molecule has 1 aliphatic rings. The Morgan fingerprint density at radius 1 is 1.32 bits per heavy atom. The van der Waals surface area contributed by atoms with Gasteiger partial charge < -0.3 is 10.1 Å². The number of hydrogen-bond acceptors (Lipinski definition) is 4. The summed E-state index contributed by atoms with van der Waals surface area (Å²) in [5.41, 5.74) is 0.896. The molecule has 0 aliphatic carbocycles. The van der Waals surface area contributed by atoms with Gasteiger partial charge in [-0.1, -0.05) is 0 Å². The third-order valence-corrected chi connectivity index (χ3v) is 5.33. The zero-order valence-corrected chi connectivity index (χ0v) is 12.1. The zero-order valence-electron chi connectivity index (χ0n) is 11.3. The van der Waals surface area contributed by atoms with E-state index >= 15 is 0 Å². The molecule has 1 heterocycles. The molecule has 1 aromatic rings. The van der Waals surface area contributed by atoms with E-state index in [1.807, 2.05) is 0 Å². The quantitative estimate of drug-likeness (QED) is 0.911. The highest BCUT2D eigenvalue weighted by atomic mass is 32.2. The third-order valence-electron chi connectivity index (χ3n) is 3.45. The summed E-state index contributed by atoms with van der Waals surface area (Å²) in [6, 6.07) is 6.81. The Morgan fingerprint density at radius 2 is 2.00 bits per heavy atom. The SMILES string of the molecule is CNc1ccc(S(=O)(=O)N2CCCC(OC)C2)cc1. The first-order chi connectivity index (χ1) is 9.07. The van der Waals surface area contributed by atoms with E-state index in [2.05, 4.69) is 5.32 Å². The zero-order chi connectivity index (χ0) is 13.9. The maximum Gasteiger partial charge on any atom is 0.243 e. The van der Waals surface area contributed by atoms with Gasteiger partial charge in [-0.3, -0.25) is 0 Å². The van der Waals surface area contributed by atoms with E-state index in [0.717, 1.165) is 18.5 Å².